The van der Waals surface area contributed by atoms with Gasteiger partial charge in [-0.05, 0) is 36.6 Å². The Morgan fingerprint density at radius 3 is 2.14 bits per heavy atom. The fraction of sp³-hybridized carbons (Fsp3) is 0.478. The maximum Gasteiger partial charge on any atom is 0.298 e. The predicted octanol–water partition coefficient (Wildman–Crippen LogP) is 6.50. The van der Waals surface area contributed by atoms with Gasteiger partial charge in [0, 0.05) is 6.07 Å². The molecule has 0 unspecified atom stereocenters. The van der Waals surface area contributed by atoms with Gasteiger partial charge < -0.3 is 9.84 Å². The maximum absolute atomic E-state index is 11.4. The first-order chi connectivity index (χ1) is 13.9. The van der Waals surface area contributed by atoms with Crippen LogP contribution in [0, 0.1) is 0 Å². The molecule has 0 spiro atoms. The second kappa shape index (κ2) is 11.8. The van der Waals surface area contributed by atoms with E-state index in [1.807, 2.05) is 24.3 Å². The van der Waals surface area contributed by atoms with Crippen LogP contribution >= 0.6 is 0 Å². The zero-order valence-electron chi connectivity index (χ0n) is 17.1. The molecule has 0 saturated carbocycles. The molecule has 0 amide bonds. The minimum atomic E-state index is -4.52. The molecule has 0 saturated heterocycles. The lowest BCUT2D eigenvalue weighted by atomic mass is 10.0. The zero-order chi connectivity index (χ0) is 21.1. The molecular weight excluding hydrogens is 388 g/mol. The second-order valence-electron chi connectivity index (χ2n) is 7.39. The van der Waals surface area contributed by atoms with Gasteiger partial charge in [-0.1, -0.05) is 76.5 Å². The Labute approximate surface area is 174 Å². The summed E-state index contributed by atoms with van der Waals surface area (Å²) in [5.74, 6) is 0.386. The lowest BCUT2D eigenvalue weighted by Crippen LogP contribution is -1.99. The van der Waals surface area contributed by atoms with E-state index in [4.69, 9.17) is 4.74 Å². The van der Waals surface area contributed by atoms with Crippen molar-refractivity contribution in [1.29, 1.82) is 0 Å². The molecule has 0 radical (unpaired) electrons. The molecule has 2 rings (SSSR count). The highest BCUT2D eigenvalue weighted by atomic mass is 32.2. The number of aryl methyl sites for hydroxylation is 1. The molecule has 0 aliphatic carbocycles. The fourth-order valence-electron chi connectivity index (χ4n) is 3.33. The summed E-state index contributed by atoms with van der Waals surface area (Å²) >= 11 is 0. The molecule has 0 bridgehead atoms. The molecule has 0 heterocycles. The molecule has 0 atom stereocenters. The minimum absolute atomic E-state index is 0.245. The van der Waals surface area contributed by atoms with Gasteiger partial charge in [-0.15, -0.1) is 0 Å². The highest BCUT2D eigenvalue weighted by Gasteiger charge is 2.17. The Morgan fingerprint density at radius 1 is 0.862 bits per heavy atom. The van der Waals surface area contributed by atoms with Crippen LogP contribution < -0.4 is 4.74 Å². The van der Waals surface area contributed by atoms with Gasteiger partial charge in [-0.3, -0.25) is 4.55 Å². The van der Waals surface area contributed by atoms with E-state index in [2.05, 4.69) is 6.92 Å². The summed E-state index contributed by atoms with van der Waals surface area (Å²) in [6.07, 6.45) is 12.3. The fourth-order valence-corrected chi connectivity index (χ4v) is 3.92. The molecule has 29 heavy (non-hydrogen) atoms. The van der Waals surface area contributed by atoms with Gasteiger partial charge in [0.05, 0.1) is 0 Å². The summed E-state index contributed by atoms with van der Waals surface area (Å²) in [7, 11) is -4.52. The Balaban J connectivity index is 1.88. The third-order valence-electron chi connectivity index (χ3n) is 4.96. The summed E-state index contributed by atoms with van der Waals surface area (Å²) in [4.78, 5) is -0.564. The molecule has 0 aliphatic rings. The molecule has 0 fully saturated rings. The minimum Gasteiger partial charge on any atom is -0.506 e. The van der Waals surface area contributed by atoms with Gasteiger partial charge in [0.25, 0.3) is 10.1 Å². The molecule has 2 aromatic rings. The first kappa shape index (κ1) is 23.2. The quantitative estimate of drug-likeness (QED) is 0.285. The van der Waals surface area contributed by atoms with Crippen molar-refractivity contribution in [3.05, 3.63) is 48.0 Å². The number of unbranched alkanes of at least 4 members (excludes halogenated alkanes) is 8. The van der Waals surface area contributed by atoms with Gasteiger partial charge in [-0.2, -0.15) is 8.42 Å². The molecule has 6 heteroatoms. The lowest BCUT2D eigenvalue weighted by molar-refractivity contribution is 0.434. The van der Waals surface area contributed by atoms with Crippen LogP contribution in [0.3, 0.4) is 0 Å². The van der Waals surface area contributed by atoms with Crippen LogP contribution in [0.5, 0.6) is 17.2 Å². The van der Waals surface area contributed by atoms with E-state index < -0.39 is 20.8 Å². The number of hydrogen-bond acceptors (Lipinski definition) is 4. The Hall–Kier alpha value is -2.05. The number of rotatable bonds is 13. The third kappa shape index (κ3) is 8.07. The smallest absolute Gasteiger partial charge is 0.298 e. The zero-order valence-corrected chi connectivity index (χ0v) is 18.0. The number of hydrogen-bond donors (Lipinski definition) is 2. The van der Waals surface area contributed by atoms with Crippen LogP contribution in [-0.4, -0.2) is 18.1 Å². The summed E-state index contributed by atoms with van der Waals surface area (Å²) < 4.78 is 37.8. The van der Waals surface area contributed by atoms with Gasteiger partial charge in [0.15, 0.2) is 0 Å². The number of benzene rings is 2. The van der Waals surface area contributed by atoms with Gasteiger partial charge in [0.2, 0.25) is 0 Å². The standard InChI is InChI=1S/C23H32O5S/c1-2-3-4-5-6-7-8-9-10-13-19-14-11-12-15-22(19)28-20-16-17-21(24)23(18-20)29(25,26)27/h11-12,14-18,24H,2-10,13H2,1H3,(H,25,26,27). The van der Waals surface area contributed by atoms with E-state index >= 15 is 0 Å². The van der Waals surface area contributed by atoms with Crippen molar-refractivity contribution in [2.45, 2.75) is 76.0 Å². The molecule has 160 valence electrons. The maximum atomic E-state index is 11.4. The highest BCUT2D eigenvalue weighted by Crippen LogP contribution is 2.32. The highest BCUT2D eigenvalue weighted by molar-refractivity contribution is 7.86. The number of ether oxygens (including phenoxy) is 1. The van der Waals surface area contributed by atoms with Crippen molar-refractivity contribution in [1.82, 2.24) is 0 Å². The molecule has 2 N–H and O–H groups in total. The van der Waals surface area contributed by atoms with Crippen LogP contribution in [0.1, 0.15) is 70.3 Å². The largest absolute Gasteiger partial charge is 0.506 e. The summed E-state index contributed by atoms with van der Waals surface area (Å²) in [6, 6.07) is 11.4. The van der Waals surface area contributed by atoms with Crippen LogP contribution in [0.4, 0.5) is 0 Å². The number of aromatic hydroxyl groups is 1. The SMILES string of the molecule is CCCCCCCCCCCc1ccccc1Oc1ccc(O)c(S(=O)(=O)O)c1. The van der Waals surface area contributed by atoms with Crippen molar-refractivity contribution in [3.8, 4) is 17.2 Å². The summed E-state index contributed by atoms with van der Waals surface area (Å²) in [6.45, 7) is 2.23. The first-order valence-electron chi connectivity index (χ1n) is 10.5. The molecule has 0 aliphatic heterocycles. The van der Waals surface area contributed by atoms with E-state index in [1.165, 1.54) is 63.5 Å². The van der Waals surface area contributed by atoms with Gasteiger partial charge in [-0.25, -0.2) is 0 Å². The predicted molar refractivity (Wildman–Crippen MR) is 115 cm³/mol. The van der Waals surface area contributed by atoms with E-state index in [9.17, 15) is 18.1 Å². The lowest BCUT2D eigenvalue weighted by Gasteiger charge is -2.12. The van der Waals surface area contributed by atoms with Crippen molar-refractivity contribution in [2.24, 2.45) is 0 Å². The average molecular weight is 421 g/mol. The van der Waals surface area contributed by atoms with Crippen LogP contribution in [0.2, 0.25) is 0 Å². The average Bonchev–Trinajstić information content (AvgIpc) is 2.68. The normalized spacial score (nSPS) is 11.5. The van der Waals surface area contributed by atoms with E-state index in [-0.39, 0.29) is 5.75 Å². The Kier molecular flexibility index (Phi) is 9.48. The van der Waals surface area contributed by atoms with Crippen molar-refractivity contribution >= 4 is 10.1 Å². The van der Waals surface area contributed by atoms with Crippen LogP contribution in [-0.2, 0) is 16.5 Å². The Bertz CT molecular complexity index is 861. The molecule has 2 aromatic carbocycles. The van der Waals surface area contributed by atoms with Crippen molar-refractivity contribution in [2.75, 3.05) is 0 Å². The van der Waals surface area contributed by atoms with E-state index in [1.54, 1.807) is 0 Å². The third-order valence-corrected chi connectivity index (χ3v) is 5.84. The van der Waals surface area contributed by atoms with Gasteiger partial charge in [0.1, 0.15) is 22.1 Å². The molecule has 5 nitrogen and oxygen atoms in total. The van der Waals surface area contributed by atoms with E-state index in [0.29, 0.717) is 5.75 Å². The Morgan fingerprint density at radius 2 is 1.48 bits per heavy atom. The van der Waals surface area contributed by atoms with Crippen molar-refractivity contribution in [3.63, 3.8) is 0 Å². The van der Waals surface area contributed by atoms with Gasteiger partial charge >= 0.3 is 0 Å². The summed E-state index contributed by atoms with van der Waals surface area (Å²) in [5.41, 5.74) is 1.05. The second-order valence-corrected chi connectivity index (χ2v) is 8.78. The summed E-state index contributed by atoms with van der Waals surface area (Å²) in [5, 5.41) is 9.64. The number of phenols is 1. The number of phenolic OH excluding ortho intramolecular Hbond substituents is 1. The molecule has 0 aromatic heterocycles. The monoisotopic (exact) mass is 420 g/mol. The number of para-hydroxylation sites is 1. The van der Waals surface area contributed by atoms with Crippen LogP contribution in [0.15, 0.2) is 47.4 Å². The van der Waals surface area contributed by atoms with Crippen molar-refractivity contribution < 1.29 is 22.8 Å². The van der Waals surface area contributed by atoms with Crippen LogP contribution in [0.25, 0.3) is 0 Å². The van der Waals surface area contributed by atoms with E-state index in [0.717, 1.165) is 24.5 Å². The molecular formula is C23H32O5S. The first-order valence-corrected chi connectivity index (χ1v) is 11.9. The topological polar surface area (TPSA) is 83.8 Å².